The highest BCUT2D eigenvalue weighted by atomic mass is 19.1. The predicted molar refractivity (Wildman–Crippen MR) is 136 cm³/mol. The van der Waals surface area contributed by atoms with Crippen molar-refractivity contribution < 1.29 is 28.5 Å². The van der Waals surface area contributed by atoms with E-state index in [2.05, 4.69) is 10.5 Å². The molecular weight excluding hydrogens is 463 g/mol. The molecule has 190 valence electrons. The van der Waals surface area contributed by atoms with Gasteiger partial charge >= 0.3 is 0 Å². The number of nitrogens with zero attached hydrogens (tertiary/aromatic N) is 1. The molecule has 1 amide bonds. The molecule has 3 rings (SSSR count). The first-order chi connectivity index (χ1) is 17.5. The van der Waals surface area contributed by atoms with Crippen LogP contribution in [0.1, 0.15) is 49.5 Å². The van der Waals surface area contributed by atoms with Crippen LogP contribution in [0.25, 0.3) is 0 Å². The average molecular weight is 495 g/mol. The number of benzene rings is 3. The van der Waals surface area contributed by atoms with Crippen molar-refractivity contribution >= 4 is 12.1 Å². The quantitative estimate of drug-likeness (QED) is 0.253. The lowest BCUT2D eigenvalue weighted by Gasteiger charge is -2.13. The summed E-state index contributed by atoms with van der Waals surface area (Å²) in [7, 11) is 0. The van der Waals surface area contributed by atoms with E-state index in [1.54, 1.807) is 60.7 Å². The SMILES string of the molecule is CCOc1ccc([C@H](O)CCC(=O)N/N=C\c2ccc(OCc3ccccc3F)c(OCC)c2)cc1. The topological polar surface area (TPSA) is 89.4 Å². The van der Waals surface area contributed by atoms with Crippen molar-refractivity contribution in [2.24, 2.45) is 5.10 Å². The van der Waals surface area contributed by atoms with Crippen molar-refractivity contribution in [1.82, 2.24) is 5.43 Å². The lowest BCUT2D eigenvalue weighted by atomic mass is 10.0. The van der Waals surface area contributed by atoms with Gasteiger partial charge in [-0.3, -0.25) is 4.79 Å². The van der Waals surface area contributed by atoms with Crippen LogP contribution in [0.3, 0.4) is 0 Å². The number of rotatable bonds is 13. The summed E-state index contributed by atoms with van der Waals surface area (Å²) >= 11 is 0. The Hall–Kier alpha value is -3.91. The highest BCUT2D eigenvalue weighted by molar-refractivity contribution is 5.83. The minimum atomic E-state index is -0.763. The van der Waals surface area contributed by atoms with Gasteiger partial charge in [0.2, 0.25) is 5.91 Å². The smallest absolute Gasteiger partial charge is 0.240 e. The van der Waals surface area contributed by atoms with Gasteiger partial charge in [-0.2, -0.15) is 5.10 Å². The zero-order valence-electron chi connectivity index (χ0n) is 20.4. The molecule has 0 unspecified atom stereocenters. The number of carbonyl (C=O) groups excluding carboxylic acids is 1. The number of aliphatic hydroxyl groups is 1. The average Bonchev–Trinajstić information content (AvgIpc) is 2.88. The Morgan fingerprint density at radius 2 is 1.75 bits per heavy atom. The Labute approximate surface area is 210 Å². The largest absolute Gasteiger partial charge is 0.494 e. The van der Waals surface area contributed by atoms with Crippen molar-refractivity contribution in [2.75, 3.05) is 13.2 Å². The highest BCUT2D eigenvalue weighted by Crippen LogP contribution is 2.29. The van der Waals surface area contributed by atoms with E-state index in [1.807, 2.05) is 13.8 Å². The highest BCUT2D eigenvalue weighted by Gasteiger charge is 2.11. The number of amides is 1. The first-order valence-corrected chi connectivity index (χ1v) is 11.9. The number of nitrogens with one attached hydrogen (secondary N) is 1. The molecule has 3 aromatic rings. The Morgan fingerprint density at radius 3 is 2.47 bits per heavy atom. The van der Waals surface area contributed by atoms with Crippen LogP contribution in [0.5, 0.6) is 17.2 Å². The molecular formula is C28H31FN2O5. The second-order valence-corrected chi connectivity index (χ2v) is 7.87. The molecule has 0 radical (unpaired) electrons. The molecule has 0 aliphatic rings. The summed E-state index contributed by atoms with van der Waals surface area (Å²) in [5.41, 5.74) is 4.32. The van der Waals surface area contributed by atoms with Gasteiger partial charge in [-0.25, -0.2) is 9.82 Å². The van der Waals surface area contributed by atoms with Crippen LogP contribution in [-0.2, 0) is 11.4 Å². The molecule has 0 heterocycles. The van der Waals surface area contributed by atoms with Gasteiger partial charge in [-0.15, -0.1) is 0 Å². The van der Waals surface area contributed by atoms with Gasteiger partial charge in [0.05, 0.1) is 25.5 Å². The maximum atomic E-state index is 13.9. The van der Waals surface area contributed by atoms with Crippen molar-refractivity contribution in [3.63, 3.8) is 0 Å². The number of hydrogen-bond acceptors (Lipinski definition) is 6. The molecule has 8 heteroatoms. The van der Waals surface area contributed by atoms with E-state index in [0.29, 0.717) is 35.8 Å². The second-order valence-electron chi connectivity index (χ2n) is 7.87. The van der Waals surface area contributed by atoms with Gasteiger partial charge in [-0.1, -0.05) is 30.3 Å². The Bertz CT molecular complexity index is 1150. The fourth-order valence-corrected chi connectivity index (χ4v) is 3.39. The van der Waals surface area contributed by atoms with Crippen molar-refractivity contribution in [1.29, 1.82) is 0 Å². The van der Waals surface area contributed by atoms with Crippen molar-refractivity contribution in [3.05, 3.63) is 89.2 Å². The number of hydrazone groups is 1. The van der Waals surface area contributed by atoms with Crippen LogP contribution < -0.4 is 19.6 Å². The van der Waals surface area contributed by atoms with Gasteiger partial charge in [-0.05, 0) is 67.8 Å². The number of ether oxygens (including phenoxy) is 3. The van der Waals surface area contributed by atoms with Gasteiger partial charge in [0.15, 0.2) is 11.5 Å². The maximum absolute atomic E-state index is 13.9. The molecule has 0 bridgehead atoms. The molecule has 0 aliphatic heterocycles. The Morgan fingerprint density at radius 1 is 1.00 bits per heavy atom. The summed E-state index contributed by atoms with van der Waals surface area (Å²) in [5.74, 6) is 1.05. The summed E-state index contributed by atoms with van der Waals surface area (Å²) in [6.45, 7) is 4.82. The van der Waals surface area contributed by atoms with Crippen LogP contribution in [-0.4, -0.2) is 30.4 Å². The van der Waals surface area contributed by atoms with Crippen molar-refractivity contribution in [2.45, 2.75) is 39.4 Å². The van der Waals surface area contributed by atoms with E-state index < -0.39 is 6.10 Å². The molecule has 0 spiro atoms. The monoisotopic (exact) mass is 494 g/mol. The molecule has 0 fully saturated rings. The number of halogens is 1. The van der Waals surface area contributed by atoms with E-state index in [1.165, 1.54) is 12.3 Å². The molecule has 0 aliphatic carbocycles. The molecule has 0 aromatic heterocycles. The minimum Gasteiger partial charge on any atom is -0.494 e. The molecule has 36 heavy (non-hydrogen) atoms. The maximum Gasteiger partial charge on any atom is 0.240 e. The van der Waals surface area contributed by atoms with Gasteiger partial charge in [0.1, 0.15) is 18.2 Å². The van der Waals surface area contributed by atoms with E-state index >= 15 is 0 Å². The van der Waals surface area contributed by atoms with Crippen LogP contribution in [0.2, 0.25) is 0 Å². The molecule has 0 saturated carbocycles. The predicted octanol–water partition coefficient (Wildman–Crippen LogP) is 5.17. The Kier molecular flexibility index (Phi) is 10.3. The zero-order chi connectivity index (χ0) is 25.8. The third-order valence-corrected chi connectivity index (χ3v) is 5.23. The van der Waals surface area contributed by atoms with Crippen molar-refractivity contribution in [3.8, 4) is 17.2 Å². The molecule has 2 N–H and O–H groups in total. The second kappa shape index (κ2) is 13.8. The standard InChI is InChI=1S/C28H31FN2O5/c1-3-34-23-12-10-21(11-13-23)25(32)14-16-28(33)31-30-18-20-9-15-26(27(17-20)35-4-2)36-19-22-7-5-6-8-24(22)29/h5-13,15,17-18,25,32H,3-4,14,16,19H2,1-2H3,(H,31,33)/b30-18-/t25-/m1/s1. The van der Waals surface area contributed by atoms with E-state index in [0.717, 1.165) is 11.3 Å². The summed E-state index contributed by atoms with van der Waals surface area (Å²) in [6, 6.07) is 18.8. The number of hydrogen-bond donors (Lipinski definition) is 2. The number of carbonyl (C=O) groups is 1. The van der Waals surface area contributed by atoms with Gasteiger partial charge < -0.3 is 19.3 Å². The fraction of sp³-hybridized carbons (Fsp3) is 0.286. The van der Waals surface area contributed by atoms with Crippen LogP contribution in [0.4, 0.5) is 4.39 Å². The first kappa shape index (κ1) is 26.7. The minimum absolute atomic E-state index is 0.0682. The van der Waals surface area contributed by atoms with Crippen LogP contribution in [0, 0.1) is 5.82 Å². The van der Waals surface area contributed by atoms with E-state index in [9.17, 15) is 14.3 Å². The summed E-state index contributed by atoms with van der Waals surface area (Å²) in [6.07, 6.45) is 1.10. The van der Waals surface area contributed by atoms with Gasteiger partial charge in [0, 0.05) is 12.0 Å². The summed E-state index contributed by atoms with van der Waals surface area (Å²) in [5, 5.41) is 14.3. The lowest BCUT2D eigenvalue weighted by molar-refractivity contribution is -0.121. The van der Waals surface area contributed by atoms with E-state index in [-0.39, 0.29) is 31.2 Å². The van der Waals surface area contributed by atoms with Crippen LogP contribution in [0.15, 0.2) is 71.8 Å². The van der Waals surface area contributed by atoms with Gasteiger partial charge in [0.25, 0.3) is 0 Å². The van der Waals surface area contributed by atoms with E-state index in [4.69, 9.17) is 14.2 Å². The molecule has 3 aromatic carbocycles. The summed E-state index contributed by atoms with van der Waals surface area (Å²) < 4.78 is 30.6. The summed E-state index contributed by atoms with van der Waals surface area (Å²) in [4.78, 5) is 12.1. The normalized spacial score (nSPS) is 11.8. The zero-order valence-corrected chi connectivity index (χ0v) is 20.4. The number of aliphatic hydroxyl groups excluding tert-OH is 1. The third kappa shape index (κ3) is 8.09. The van der Waals surface area contributed by atoms with Crippen LogP contribution >= 0.6 is 0 Å². The molecule has 7 nitrogen and oxygen atoms in total. The molecule has 0 saturated heterocycles. The molecule has 1 atom stereocenters. The fourth-order valence-electron chi connectivity index (χ4n) is 3.39. The third-order valence-electron chi connectivity index (χ3n) is 5.23. The Balaban J connectivity index is 1.51. The lowest BCUT2D eigenvalue weighted by Crippen LogP contribution is -2.18. The first-order valence-electron chi connectivity index (χ1n) is 11.9.